The van der Waals surface area contributed by atoms with Gasteiger partial charge in [-0.05, 0) is 74.2 Å². The standard InChI is InChI=1S/C27H33NO4/c1-20-5-3-7-22(15-20)9-10-24(29)18-31-26-11-13-27(14-12-26)32-19-25(30)17-28-23-8-4-6-21(2)16-23/h3-8,11-16,24-25,28-30H,9-10,17-19H2,1-2H3. The summed E-state index contributed by atoms with van der Waals surface area (Å²) in [5.41, 5.74) is 4.60. The molecule has 32 heavy (non-hydrogen) atoms. The van der Waals surface area contributed by atoms with Gasteiger partial charge in [-0.1, -0.05) is 42.0 Å². The lowest BCUT2D eigenvalue weighted by Crippen LogP contribution is -2.26. The van der Waals surface area contributed by atoms with Crippen molar-refractivity contribution in [3.05, 3.63) is 89.5 Å². The van der Waals surface area contributed by atoms with E-state index in [1.165, 1.54) is 16.7 Å². The highest BCUT2D eigenvalue weighted by Gasteiger charge is 2.08. The van der Waals surface area contributed by atoms with Crippen LogP contribution >= 0.6 is 0 Å². The Bertz CT molecular complexity index is 879. The first-order valence-corrected chi connectivity index (χ1v) is 11.1. The van der Waals surface area contributed by atoms with Crippen molar-refractivity contribution in [1.82, 2.24) is 0 Å². The quantitative estimate of drug-likeness (QED) is 0.390. The molecule has 2 atom stereocenters. The van der Waals surface area contributed by atoms with E-state index in [2.05, 4.69) is 30.4 Å². The van der Waals surface area contributed by atoms with Crippen LogP contribution in [0.25, 0.3) is 0 Å². The minimum absolute atomic E-state index is 0.191. The number of aliphatic hydroxyl groups excluding tert-OH is 2. The van der Waals surface area contributed by atoms with Crippen molar-refractivity contribution in [2.75, 3.05) is 25.1 Å². The van der Waals surface area contributed by atoms with Crippen LogP contribution in [-0.4, -0.2) is 42.2 Å². The van der Waals surface area contributed by atoms with E-state index in [9.17, 15) is 10.2 Å². The van der Waals surface area contributed by atoms with Gasteiger partial charge in [0.2, 0.25) is 0 Å². The Kier molecular flexibility index (Phi) is 8.96. The SMILES string of the molecule is Cc1cccc(CCC(O)COc2ccc(OCC(O)CNc3cccc(C)c3)cc2)c1. The summed E-state index contributed by atoms with van der Waals surface area (Å²) in [5, 5.41) is 23.6. The molecule has 0 saturated heterocycles. The van der Waals surface area contributed by atoms with Gasteiger partial charge in [0, 0.05) is 12.2 Å². The molecule has 3 aromatic carbocycles. The number of aryl methyl sites for hydroxylation is 3. The molecule has 0 fully saturated rings. The molecule has 0 bridgehead atoms. The zero-order chi connectivity index (χ0) is 22.8. The number of anilines is 1. The maximum absolute atomic E-state index is 10.2. The molecule has 3 rings (SSSR count). The predicted molar refractivity (Wildman–Crippen MR) is 129 cm³/mol. The lowest BCUT2D eigenvalue weighted by molar-refractivity contribution is 0.1000. The molecule has 5 nitrogen and oxygen atoms in total. The normalized spacial score (nSPS) is 12.8. The Morgan fingerprint density at radius 1 is 0.750 bits per heavy atom. The van der Waals surface area contributed by atoms with E-state index in [1.807, 2.05) is 37.3 Å². The van der Waals surface area contributed by atoms with Crippen molar-refractivity contribution >= 4 is 5.69 Å². The van der Waals surface area contributed by atoms with Gasteiger partial charge >= 0.3 is 0 Å². The van der Waals surface area contributed by atoms with E-state index in [-0.39, 0.29) is 13.2 Å². The van der Waals surface area contributed by atoms with E-state index in [4.69, 9.17) is 9.47 Å². The summed E-state index contributed by atoms with van der Waals surface area (Å²) >= 11 is 0. The van der Waals surface area contributed by atoms with Gasteiger partial charge in [-0.3, -0.25) is 0 Å². The third kappa shape index (κ3) is 8.25. The van der Waals surface area contributed by atoms with E-state index < -0.39 is 12.2 Å². The van der Waals surface area contributed by atoms with Gasteiger partial charge in [-0.2, -0.15) is 0 Å². The summed E-state index contributed by atoms with van der Waals surface area (Å²) in [5.74, 6) is 1.33. The number of aliphatic hydroxyl groups is 2. The highest BCUT2D eigenvalue weighted by atomic mass is 16.5. The van der Waals surface area contributed by atoms with Crippen molar-refractivity contribution in [3.63, 3.8) is 0 Å². The molecular formula is C27H33NO4. The Balaban J connectivity index is 1.34. The zero-order valence-corrected chi connectivity index (χ0v) is 18.8. The maximum atomic E-state index is 10.2. The van der Waals surface area contributed by atoms with Gasteiger partial charge in [0.1, 0.15) is 30.8 Å². The summed E-state index contributed by atoms with van der Waals surface area (Å²) in [6, 6.07) is 23.6. The van der Waals surface area contributed by atoms with Crippen LogP contribution in [0.15, 0.2) is 72.8 Å². The number of hydrogen-bond donors (Lipinski definition) is 3. The molecule has 0 radical (unpaired) electrons. The molecule has 0 saturated carbocycles. The fraction of sp³-hybridized carbons (Fsp3) is 0.333. The highest BCUT2D eigenvalue weighted by molar-refractivity contribution is 5.45. The summed E-state index contributed by atoms with van der Waals surface area (Å²) in [6.45, 7) is 4.95. The topological polar surface area (TPSA) is 71.0 Å². The molecule has 0 amide bonds. The van der Waals surface area contributed by atoms with Crippen LogP contribution in [0.2, 0.25) is 0 Å². The number of hydrogen-bond acceptors (Lipinski definition) is 5. The second-order valence-electron chi connectivity index (χ2n) is 8.18. The van der Waals surface area contributed by atoms with Crippen molar-refractivity contribution in [2.45, 2.75) is 38.9 Å². The van der Waals surface area contributed by atoms with E-state index in [0.717, 1.165) is 12.1 Å². The second kappa shape index (κ2) is 12.1. The fourth-order valence-electron chi connectivity index (χ4n) is 3.35. The largest absolute Gasteiger partial charge is 0.491 e. The summed E-state index contributed by atoms with van der Waals surface area (Å²) < 4.78 is 11.4. The van der Waals surface area contributed by atoms with Gasteiger partial charge in [-0.15, -0.1) is 0 Å². The lowest BCUT2D eigenvalue weighted by Gasteiger charge is -2.15. The molecule has 3 N–H and O–H groups in total. The first-order chi connectivity index (χ1) is 15.5. The van der Waals surface area contributed by atoms with Gasteiger partial charge in [0.25, 0.3) is 0 Å². The van der Waals surface area contributed by atoms with Crippen LogP contribution in [0.3, 0.4) is 0 Å². The molecule has 0 heterocycles. The van der Waals surface area contributed by atoms with E-state index >= 15 is 0 Å². The monoisotopic (exact) mass is 435 g/mol. The summed E-state index contributed by atoms with van der Waals surface area (Å²) in [6.07, 6.45) is 0.316. The van der Waals surface area contributed by atoms with Crippen molar-refractivity contribution in [1.29, 1.82) is 0 Å². The van der Waals surface area contributed by atoms with Gasteiger partial charge in [-0.25, -0.2) is 0 Å². The Labute approximate surface area is 190 Å². The fourth-order valence-corrected chi connectivity index (χ4v) is 3.35. The van der Waals surface area contributed by atoms with Gasteiger partial charge in [0.05, 0.1) is 6.10 Å². The molecule has 0 aliphatic carbocycles. The van der Waals surface area contributed by atoms with Crippen LogP contribution in [0.5, 0.6) is 11.5 Å². The number of ether oxygens (including phenoxy) is 2. The van der Waals surface area contributed by atoms with Crippen LogP contribution < -0.4 is 14.8 Å². The highest BCUT2D eigenvalue weighted by Crippen LogP contribution is 2.18. The maximum Gasteiger partial charge on any atom is 0.119 e. The van der Waals surface area contributed by atoms with E-state index in [1.54, 1.807) is 24.3 Å². The molecule has 3 aromatic rings. The first-order valence-electron chi connectivity index (χ1n) is 11.1. The number of rotatable bonds is 12. The number of nitrogens with one attached hydrogen (secondary N) is 1. The van der Waals surface area contributed by atoms with Crippen LogP contribution in [-0.2, 0) is 6.42 Å². The van der Waals surface area contributed by atoms with Gasteiger partial charge < -0.3 is 25.0 Å². The molecule has 5 heteroatoms. The minimum Gasteiger partial charge on any atom is -0.491 e. The zero-order valence-electron chi connectivity index (χ0n) is 18.8. The summed E-state index contributed by atoms with van der Waals surface area (Å²) in [7, 11) is 0. The second-order valence-corrected chi connectivity index (χ2v) is 8.18. The van der Waals surface area contributed by atoms with Crippen LogP contribution in [0.4, 0.5) is 5.69 Å². The molecule has 170 valence electrons. The first kappa shape index (κ1) is 23.6. The predicted octanol–water partition coefficient (Wildman–Crippen LogP) is 4.53. The minimum atomic E-state index is -0.630. The summed E-state index contributed by atoms with van der Waals surface area (Å²) in [4.78, 5) is 0. The lowest BCUT2D eigenvalue weighted by atomic mass is 10.1. The Hall–Kier alpha value is -3.02. The van der Waals surface area contributed by atoms with Crippen molar-refractivity contribution < 1.29 is 19.7 Å². The Morgan fingerprint density at radius 3 is 1.97 bits per heavy atom. The molecule has 0 aliphatic heterocycles. The Morgan fingerprint density at radius 2 is 1.34 bits per heavy atom. The van der Waals surface area contributed by atoms with Gasteiger partial charge in [0.15, 0.2) is 0 Å². The third-order valence-electron chi connectivity index (χ3n) is 5.12. The smallest absolute Gasteiger partial charge is 0.119 e. The number of benzene rings is 3. The molecule has 0 spiro atoms. The molecule has 2 unspecified atom stereocenters. The van der Waals surface area contributed by atoms with Crippen LogP contribution in [0.1, 0.15) is 23.1 Å². The van der Waals surface area contributed by atoms with E-state index in [0.29, 0.717) is 24.5 Å². The molecule has 0 aromatic heterocycles. The average Bonchev–Trinajstić information content (AvgIpc) is 2.79. The molecule has 0 aliphatic rings. The third-order valence-corrected chi connectivity index (χ3v) is 5.12. The average molecular weight is 436 g/mol. The van der Waals surface area contributed by atoms with Crippen molar-refractivity contribution in [2.24, 2.45) is 0 Å². The van der Waals surface area contributed by atoms with Crippen molar-refractivity contribution in [3.8, 4) is 11.5 Å². The molecular weight excluding hydrogens is 402 g/mol. The van der Waals surface area contributed by atoms with Crippen LogP contribution in [0, 0.1) is 13.8 Å².